The third-order valence-corrected chi connectivity index (χ3v) is 9.69. The average molecular weight is 704 g/mol. The second-order valence-electron chi connectivity index (χ2n) is 13.0. The van der Waals surface area contributed by atoms with Crippen LogP contribution < -0.4 is 20.1 Å². The van der Waals surface area contributed by atoms with Crippen molar-refractivity contribution in [2.24, 2.45) is 11.8 Å². The summed E-state index contributed by atoms with van der Waals surface area (Å²) in [4.78, 5) is 42.4. The fraction of sp³-hybridized carbons (Fsp3) is 0.308. The van der Waals surface area contributed by atoms with Crippen LogP contribution in [0.5, 0.6) is 11.5 Å². The van der Waals surface area contributed by atoms with E-state index < -0.39 is 41.0 Å². The molecule has 10 heteroatoms. The van der Waals surface area contributed by atoms with Gasteiger partial charge in [0, 0.05) is 39.3 Å². The Morgan fingerprint density at radius 2 is 1.45 bits per heavy atom. The van der Waals surface area contributed by atoms with Gasteiger partial charge in [-0.25, -0.2) is 0 Å². The minimum Gasteiger partial charge on any atom is -0.493 e. The molecule has 0 radical (unpaired) electrons. The molecule has 49 heavy (non-hydrogen) atoms. The third-order valence-electron chi connectivity index (χ3n) is 9.10. The number of carbonyl (C=O) groups excluding carboxylic acids is 3. The number of nitrogens with one attached hydrogen (secondary N) is 2. The molecule has 0 spiro atoms. The molecule has 1 fully saturated rings. The van der Waals surface area contributed by atoms with Gasteiger partial charge in [0.05, 0.1) is 18.6 Å². The Kier molecular flexibility index (Phi) is 10.7. The van der Waals surface area contributed by atoms with Gasteiger partial charge in [0.15, 0.2) is 11.5 Å². The number of amides is 2. The van der Waals surface area contributed by atoms with Gasteiger partial charge in [-0.15, -0.1) is 0 Å². The van der Waals surface area contributed by atoms with E-state index in [0.717, 1.165) is 22.3 Å². The van der Waals surface area contributed by atoms with E-state index in [9.17, 15) is 19.5 Å². The van der Waals surface area contributed by atoms with Gasteiger partial charge in [-0.2, -0.15) is 0 Å². The molecule has 4 atom stereocenters. The van der Waals surface area contributed by atoms with Crippen molar-refractivity contribution in [1.82, 2.24) is 0 Å². The maximum absolute atomic E-state index is 14.3. The molecule has 4 unspecified atom stereocenters. The molecule has 0 saturated heterocycles. The van der Waals surface area contributed by atoms with E-state index in [1.165, 1.54) is 14.0 Å². The zero-order valence-electron chi connectivity index (χ0n) is 28.3. The van der Waals surface area contributed by atoms with Gasteiger partial charge in [0.25, 0.3) is 0 Å². The van der Waals surface area contributed by atoms with E-state index in [2.05, 4.69) is 10.6 Å². The molecule has 3 N–H and O–H groups in total. The minimum absolute atomic E-state index is 0.115. The average Bonchev–Trinajstić information content (AvgIpc) is 3.03. The minimum atomic E-state index is -1.78. The Morgan fingerprint density at radius 3 is 2.04 bits per heavy atom. The van der Waals surface area contributed by atoms with Crippen molar-refractivity contribution in [2.45, 2.75) is 59.2 Å². The topological polar surface area (TPSA) is 114 Å². The number of aliphatic hydroxyl groups is 1. The van der Waals surface area contributed by atoms with Crippen molar-refractivity contribution in [1.29, 1.82) is 0 Å². The summed E-state index contributed by atoms with van der Waals surface area (Å²) in [6.07, 6.45) is -0.389. The molecule has 1 saturated carbocycles. The molecule has 0 heterocycles. The summed E-state index contributed by atoms with van der Waals surface area (Å²) in [5.41, 5.74) is 4.03. The number of methoxy groups -OCH3 is 1. The van der Waals surface area contributed by atoms with Gasteiger partial charge in [-0.3, -0.25) is 14.4 Å². The highest BCUT2D eigenvalue weighted by Crippen LogP contribution is 2.48. The van der Waals surface area contributed by atoms with Crippen LogP contribution >= 0.6 is 23.2 Å². The molecule has 8 nitrogen and oxygen atoms in total. The first-order valence-corrected chi connectivity index (χ1v) is 16.7. The van der Waals surface area contributed by atoms with Crippen molar-refractivity contribution in [3.05, 3.63) is 116 Å². The van der Waals surface area contributed by atoms with Gasteiger partial charge in [-0.05, 0) is 98.8 Å². The fourth-order valence-electron chi connectivity index (χ4n) is 6.46. The second kappa shape index (κ2) is 14.6. The van der Waals surface area contributed by atoms with Crippen LogP contribution in [0, 0.1) is 39.5 Å². The molecular weight excluding hydrogens is 663 g/mol. The Labute approximate surface area is 296 Å². The largest absolute Gasteiger partial charge is 0.493 e. The first-order valence-electron chi connectivity index (χ1n) is 15.9. The van der Waals surface area contributed by atoms with Gasteiger partial charge in [0.1, 0.15) is 18.3 Å². The van der Waals surface area contributed by atoms with Gasteiger partial charge in [-0.1, -0.05) is 59.6 Å². The number of Topliss-reactive ketones (excluding diaryl/α,β-unsaturated/α-hetero) is 1. The lowest BCUT2D eigenvalue weighted by Crippen LogP contribution is -2.56. The maximum atomic E-state index is 14.3. The van der Waals surface area contributed by atoms with Crippen LogP contribution in [0.15, 0.2) is 72.8 Å². The summed E-state index contributed by atoms with van der Waals surface area (Å²) >= 11 is 12.4. The first-order chi connectivity index (χ1) is 23.2. The van der Waals surface area contributed by atoms with Crippen molar-refractivity contribution in [2.75, 3.05) is 17.7 Å². The highest BCUT2D eigenvalue weighted by Gasteiger charge is 2.56. The third kappa shape index (κ3) is 7.93. The highest BCUT2D eigenvalue weighted by molar-refractivity contribution is 6.35. The number of ketones is 1. The van der Waals surface area contributed by atoms with Crippen LogP contribution in [0.4, 0.5) is 11.4 Å². The van der Waals surface area contributed by atoms with Crippen LogP contribution in [0.3, 0.4) is 0 Å². The predicted octanol–water partition coefficient (Wildman–Crippen LogP) is 8.13. The molecule has 4 aromatic rings. The molecule has 0 aromatic heterocycles. The first kappa shape index (κ1) is 35.9. The van der Waals surface area contributed by atoms with Gasteiger partial charge in [0.2, 0.25) is 11.8 Å². The molecule has 0 bridgehead atoms. The van der Waals surface area contributed by atoms with E-state index in [1.807, 2.05) is 64.1 Å². The Balaban J connectivity index is 1.58. The quantitative estimate of drug-likeness (QED) is 0.152. The summed E-state index contributed by atoms with van der Waals surface area (Å²) < 4.78 is 11.8. The zero-order valence-corrected chi connectivity index (χ0v) is 29.8. The number of hydrogen-bond acceptors (Lipinski definition) is 6. The van der Waals surface area contributed by atoms with E-state index >= 15 is 0 Å². The van der Waals surface area contributed by atoms with Crippen LogP contribution in [-0.4, -0.2) is 35.4 Å². The van der Waals surface area contributed by atoms with E-state index in [4.69, 9.17) is 32.7 Å². The Morgan fingerprint density at radius 1 is 0.837 bits per heavy atom. The van der Waals surface area contributed by atoms with Crippen LogP contribution in [-0.2, 0) is 21.0 Å². The number of ether oxygens (including phenoxy) is 2. The number of halogens is 2. The number of carbonyl (C=O) groups is 3. The molecule has 2 amide bonds. The van der Waals surface area contributed by atoms with E-state index in [1.54, 1.807) is 36.4 Å². The highest BCUT2D eigenvalue weighted by atomic mass is 35.5. The Bertz CT molecular complexity index is 1920. The molecule has 0 aliphatic heterocycles. The smallest absolute Gasteiger partial charge is 0.235 e. The lowest BCUT2D eigenvalue weighted by molar-refractivity contribution is -0.150. The summed E-state index contributed by atoms with van der Waals surface area (Å²) in [5, 5.41) is 18.7. The van der Waals surface area contributed by atoms with E-state index in [0.29, 0.717) is 44.0 Å². The number of anilines is 2. The number of benzene rings is 4. The molecular formula is C39H40Cl2N2O6. The number of rotatable bonds is 9. The standard InChI is InChI=1S/C39H40Cl2N2O6/c1-21-7-9-23(3)29(15-21)42-37(45)35-31(44)19-39(5,47)36(38(46)43-30-16-22(2)8-10-24(30)4)34(35)25-12-14-32(33(17-25)48-6)49-20-26-11-13-27(40)18-28(26)41/h7-18,34-36,47H,19-20H2,1-6H3,(H,42,45)(H,43,46). The molecule has 256 valence electrons. The Hall–Kier alpha value is -4.37. The zero-order chi connectivity index (χ0) is 35.6. The van der Waals surface area contributed by atoms with Crippen LogP contribution in [0.1, 0.15) is 52.6 Å². The van der Waals surface area contributed by atoms with Crippen molar-refractivity contribution >= 4 is 52.2 Å². The molecule has 1 aliphatic rings. The SMILES string of the molecule is COc1cc(C2C(C(=O)Nc3cc(C)ccc3C)C(=O)CC(C)(O)C2C(=O)Nc2cc(C)ccc2C)ccc1OCc1ccc(Cl)cc1Cl. The van der Waals surface area contributed by atoms with Crippen molar-refractivity contribution < 1.29 is 29.0 Å². The second-order valence-corrected chi connectivity index (χ2v) is 13.9. The lowest BCUT2D eigenvalue weighted by Gasteiger charge is -2.44. The molecule has 5 rings (SSSR count). The van der Waals surface area contributed by atoms with Crippen molar-refractivity contribution in [3.63, 3.8) is 0 Å². The van der Waals surface area contributed by atoms with Gasteiger partial charge < -0.3 is 25.2 Å². The summed E-state index contributed by atoms with van der Waals surface area (Å²) in [5.74, 6) is -4.47. The monoisotopic (exact) mass is 702 g/mol. The molecule has 1 aliphatic carbocycles. The van der Waals surface area contributed by atoms with E-state index in [-0.39, 0.29) is 13.0 Å². The maximum Gasteiger partial charge on any atom is 0.235 e. The number of aryl methyl sites for hydroxylation is 4. The van der Waals surface area contributed by atoms with Crippen LogP contribution in [0.2, 0.25) is 10.0 Å². The lowest BCUT2D eigenvalue weighted by atomic mass is 9.61. The molecule has 4 aromatic carbocycles. The predicted molar refractivity (Wildman–Crippen MR) is 193 cm³/mol. The fourth-order valence-corrected chi connectivity index (χ4v) is 6.92. The summed E-state index contributed by atoms with van der Waals surface area (Å²) in [7, 11) is 1.47. The number of hydrogen-bond donors (Lipinski definition) is 3. The van der Waals surface area contributed by atoms with Crippen LogP contribution in [0.25, 0.3) is 0 Å². The van der Waals surface area contributed by atoms with Crippen molar-refractivity contribution in [3.8, 4) is 11.5 Å². The summed E-state index contributed by atoms with van der Waals surface area (Å²) in [6, 6.07) is 21.4. The normalized spacial score (nSPS) is 20.4. The summed E-state index contributed by atoms with van der Waals surface area (Å²) in [6.45, 7) is 9.14. The van der Waals surface area contributed by atoms with Gasteiger partial charge >= 0.3 is 0 Å².